The van der Waals surface area contributed by atoms with Crippen molar-refractivity contribution in [1.29, 1.82) is 0 Å². The number of hydrogen-bond acceptors (Lipinski definition) is 8. The third kappa shape index (κ3) is 9.25. The van der Waals surface area contributed by atoms with Crippen molar-refractivity contribution in [2.45, 2.75) is 66.6 Å². The second-order valence-corrected chi connectivity index (χ2v) is 15.0. The second kappa shape index (κ2) is 20.3. The predicted molar refractivity (Wildman–Crippen MR) is 240 cm³/mol. The van der Waals surface area contributed by atoms with Gasteiger partial charge in [0.05, 0.1) is 55.9 Å². The summed E-state index contributed by atoms with van der Waals surface area (Å²) >= 11 is 0. The van der Waals surface area contributed by atoms with Crippen molar-refractivity contribution in [2.24, 2.45) is 0 Å². The summed E-state index contributed by atoms with van der Waals surface area (Å²) in [6.07, 6.45) is 0. The van der Waals surface area contributed by atoms with E-state index < -0.39 is 0 Å². The summed E-state index contributed by atoms with van der Waals surface area (Å²) in [5, 5.41) is 19.9. The normalized spacial score (nSPS) is 11.4. The van der Waals surface area contributed by atoms with Crippen LogP contribution in [0.15, 0.2) is 97.1 Å². The van der Waals surface area contributed by atoms with Gasteiger partial charge in [0, 0.05) is 23.0 Å². The molecule has 0 aromatic heterocycles. The molecule has 6 aromatic rings. The first-order valence-corrected chi connectivity index (χ1v) is 20.0. The first kappa shape index (κ1) is 45.1. The zero-order valence-corrected chi connectivity index (χ0v) is 37.2. The number of rotatable bonds is 14. The molecule has 2 N–H and O–H groups in total. The Morgan fingerprint density at radius 2 is 0.950 bits per heavy atom. The maximum atomic E-state index is 10.2. The lowest BCUT2D eigenvalue weighted by Gasteiger charge is -2.27. The summed E-state index contributed by atoms with van der Waals surface area (Å²) in [6.45, 7) is 12.4. The van der Waals surface area contributed by atoms with Gasteiger partial charge in [-0.1, -0.05) is 48.5 Å². The van der Waals surface area contributed by atoms with Crippen molar-refractivity contribution in [1.82, 2.24) is 0 Å². The first-order valence-electron chi connectivity index (χ1n) is 20.0. The zero-order valence-electron chi connectivity index (χ0n) is 37.2. The minimum absolute atomic E-state index is 0.0420. The van der Waals surface area contributed by atoms with E-state index in [1.54, 1.807) is 42.7 Å². The fourth-order valence-electron chi connectivity index (χ4n) is 8.35. The Balaban J connectivity index is 0.000000228. The summed E-state index contributed by atoms with van der Waals surface area (Å²) in [6, 6.07) is 32.4. The predicted octanol–water partition coefficient (Wildman–Crippen LogP) is 10.6. The smallest absolute Gasteiger partial charge is 0.123 e. The van der Waals surface area contributed by atoms with Crippen molar-refractivity contribution in [3.05, 3.63) is 175 Å². The standard InChI is InChI=1S/C26H30O5.C26H30O3/c1-16-10-18(14-27)12-23(31-5)25(16)26(19-6-8-21(29-3)9-7-19)24-17(2)11-22(30-4)13-20(24)15-28;1-16-18(3)23(27-5)14-12-20(16)26(22-10-8-9-11-25(22)29-7)21-13-15-24(28-6)19(4)17(21)2/h6-13,26-28H,14-15H2,1-5H3;8-15,26H,1-7H3. The molecular formula is C52H60O8. The topological polar surface area (TPSA) is 95.8 Å². The van der Waals surface area contributed by atoms with E-state index in [2.05, 4.69) is 64.1 Å². The van der Waals surface area contributed by atoms with Crippen LogP contribution >= 0.6 is 0 Å². The molecule has 60 heavy (non-hydrogen) atoms. The summed E-state index contributed by atoms with van der Waals surface area (Å²) in [4.78, 5) is 0. The fourth-order valence-corrected chi connectivity index (χ4v) is 8.35. The lowest BCUT2D eigenvalue weighted by Crippen LogP contribution is -2.13. The molecule has 0 saturated heterocycles. The second-order valence-electron chi connectivity index (χ2n) is 15.0. The summed E-state index contributed by atoms with van der Waals surface area (Å²) in [7, 11) is 10.1. The molecule has 0 aliphatic carbocycles. The van der Waals surface area contributed by atoms with E-state index in [1.807, 2.05) is 74.5 Å². The maximum absolute atomic E-state index is 10.2. The quantitative estimate of drug-likeness (QED) is 0.105. The van der Waals surface area contributed by atoms with Crippen molar-refractivity contribution < 1.29 is 38.6 Å². The number of aliphatic hydroxyl groups excluding tert-OH is 2. The number of para-hydroxylation sites is 1. The van der Waals surface area contributed by atoms with E-state index in [-0.39, 0.29) is 25.0 Å². The summed E-state index contributed by atoms with van der Waals surface area (Å²) in [5.74, 6) is 4.73. The highest BCUT2D eigenvalue weighted by Gasteiger charge is 2.28. The molecule has 0 amide bonds. The molecule has 0 spiro atoms. The third-order valence-electron chi connectivity index (χ3n) is 11.8. The zero-order chi connectivity index (χ0) is 43.7. The number of aryl methyl sites for hydroxylation is 2. The number of aliphatic hydroxyl groups is 2. The van der Waals surface area contributed by atoms with Gasteiger partial charge in [0.2, 0.25) is 0 Å². The maximum Gasteiger partial charge on any atom is 0.123 e. The minimum atomic E-state index is -0.193. The van der Waals surface area contributed by atoms with Gasteiger partial charge < -0.3 is 38.6 Å². The molecule has 0 aliphatic rings. The van der Waals surface area contributed by atoms with Gasteiger partial charge in [-0.15, -0.1) is 0 Å². The van der Waals surface area contributed by atoms with Crippen LogP contribution in [0.3, 0.4) is 0 Å². The van der Waals surface area contributed by atoms with E-state index in [0.29, 0.717) is 11.5 Å². The highest BCUT2D eigenvalue weighted by Crippen LogP contribution is 2.45. The molecule has 6 rings (SSSR count). The van der Waals surface area contributed by atoms with E-state index in [9.17, 15) is 10.2 Å². The molecule has 1 unspecified atom stereocenters. The average Bonchev–Trinajstić information content (AvgIpc) is 3.27. The van der Waals surface area contributed by atoms with Crippen LogP contribution in [0, 0.1) is 41.5 Å². The largest absolute Gasteiger partial charge is 0.497 e. The monoisotopic (exact) mass is 812 g/mol. The van der Waals surface area contributed by atoms with Crippen molar-refractivity contribution in [3.63, 3.8) is 0 Å². The molecule has 0 bridgehead atoms. The molecule has 316 valence electrons. The van der Waals surface area contributed by atoms with Gasteiger partial charge >= 0.3 is 0 Å². The molecule has 0 aliphatic heterocycles. The Hall–Kier alpha value is -5.96. The van der Waals surface area contributed by atoms with Crippen LogP contribution in [0.25, 0.3) is 0 Å². The van der Waals surface area contributed by atoms with Crippen LogP contribution in [0.5, 0.6) is 34.5 Å². The van der Waals surface area contributed by atoms with Crippen molar-refractivity contribution in [2.75, 3.05) is 42.7 Å². The Morgan fingerprint density at radius 1 is 0.417 bits per heavy atom. The van der Waals surface area contributed by atoms with Crippen molar-refractivity contribution >= 4 is 0 Å². The Kier molecular flexibility index (Phi) is 15.3. The fraction of sp³-hybridized carbons (Fsp3) is 0.308. The van der Waals surface area contributed by atoms with E-state index in [1.165, 1.54) is 22.3 Å². The molecular weight excluding hydrogens is 753 g/mol. The molecule has 0 radical (unpaired) electrons. The van der Waals surface area contributed by atoms with Crippen LogP contribution in [-0.2, 0) is 13.2 Å². The van der Waals surface area contributed by atoms with Crippen LogP contribution < -0.4 is 28.4 Å². The summed E-state index contributed by atoms with van der Waals surface area (Å²) in [5.41, 5.74) is 15.1. The molecule has 6 aromatic carbocycles. The van der Waals surface area contributed by atoms with Gasteiger partial charge in [-0.05, 0) is 157 Å². The highest BCUT2D eigenvalue weighted by atomic mass is 16.5. The van der Waals surface area contributed by atoms with Gasteiger partial charge in [-0.2, -0.15) is 0 Å². The lowest BCUT2D eigenvalue weighted by atomic mass is 9.78. The van der Waals surface area contributed by atoms with Gasteiger partial charge in [-0.25, -0.2) is 0 Å². The lowest BCUT2D eigenvalue weighted by molar-refractivity contribution is 0.279. The number of methoxy groups -OCH3 is 6. The van der Waals surface area contributed by atoms with E-state index in [4.69, 9.17) is 28.4 Å². The van der Waals surface area contributed by atoms with Gasteiger partial charge in [0.15, 0.2) is 0 Å². The SMILES string of the molecule is COc1ccc(C(c2c(C)cc(OC)cc2CO)c2c(C)cc(CO)cc2OC)cc1.COc1ccccc1C(c1ccc(OC)c(C)c1C)c1ccc(OC)c(C)c1C. The van der Waals surface area contributed by atoms with Crippen LogP contribution in [0.2, 0.25) is 0 Å². The average molecular weight is 813 g/mol. The Labute approximate surface area is 356 Å². The highest BCUT2D eigenvalue weighted by molar-refractivity contribution is 5.60. The van der Waals surface area contributed by atoms with Crippen molar-refractivity contribution in [3.8, 4) is 34.5 Å². The molecule has 0 heterocycles. The van der Waals surface area contributed by atoms with Gasteiger partial charge in [0.25, 0.3) is 0 Å². The number of benzene rings is 6. The molecule has 1 atom stereocenters. The van der Waals surface area contributed by atoms with E-state index >= 15 is 0 Å². The number of hydrogen-bond donors (Lipinski definition) is 2. The molecule has 0 saturated carbocycles. The minimum Gasteiger partial charge on any atom is -0.497 e. The molecule has 8 heteroatoms. The Bertz CT molecular complexity index is 2280. The van der Waals surface area contributed by atoms with Crippen LogP contribution in [0.4, 0.5) is 0 Å². The van der Waals surface area contributed by atoms with Crippen LogP contribution in [0.1, 0.15) is 89.7 Å². The van der Waals surface area contributed by atoms with Gasteiger partial charge in [-0.3, -0.25) is 0 Å². The van der Waals surface area contributed by atoms with E-state index in [0.717, 1.165) is 78.6 Å². The Morgan fingerprint density at radius 3 is 1.45 bits per heavy atom. The first-order chi connectivity index (χ1) is 28.9. The molecule has 0 fully saturated rings. The summed E-state index contributed by atoms with van der Waals surface area (Å²) < 4.78 is 33.4. The molecule has 8 nitrogen and oxygen atoms in total. The van der Waals surface area contributed by atoms with Crippen LogP contribution in [-0.4, -0.2) is 52.9 Å². The third-order valence-corrected chi connectivity index (χ3v) is 11.8. The number of ether oxygens (including phenoxy) is 6. The van der Waals surface area contributed by atoms with Gasteiger partial charge in [0.1, 0.15) is 34.5 Å².